The lowest BCUT2D eigenvalue weighted by atomic mass is 9.96. The van der Waals surface area contributed by atoms with Gasteiger partial charge in [0.2, 0.25) is 5.91 Å². The monoisotopic (exact) mass is 241 g/mol. The third-order valence-electron chi connectivity index (χ3n) is 3.10. The Labute approximate surface area is 106 Å². The fraction of sp³-hybridized carbons (Fsp3) is 0.286. The minimum Gasteiger partial charge on any atom is -0.366 e. The maximum Gasteiger partial charge on any atom is 0.248 e. The Morgan fingerprint density at radius 1 is 1.22 bits per heavy atom. The largest absolute Gasteiger partial charge is 0.366 e. The van der Waals surface area contributed by atoms with E-state index in [0.29, 0.717) is 16.8 Å². The first-order valence-electron chi connectivity index (χ1n) is 5.93. The third kappa shape index (κ3) is 2.41. The van der Waals surface area contributed by atoms with Crippen LogP contribution in [-0.4, -0.2) is 19.0 Å². The predicted octanol–water partition coefficient (Wildman–Crippen LogP) is 1.80. The lowest BCUT2D eigenvalue weighted by Gasteiger charge is -2.18. The van der Waals surface area contributed by atoms with Gasteiger partial charge in [-0.05, 0) is 31.5 Å². The summed E-state index contributed by atoms with van der Waals surface area (Å²) in [5, 5.41) is 3.25. The quantitative estimate of drug-likeness (QED) is 0.776. The Kier molecular flexibility index (Phi) is 3.75. The van der Waals surface area contributed by atoms with Crippen molar-refractivity contribution < 1.29 is 4.79 Å². The number of amides is 1. The first-order chi connectivity index (χ1) is 8.74. The van der Waals surface area contributed by atoms with E-state index >= 15 is 0 Å². The van der Waals surface area contributed by atoms with Crippen molar-refractivity contribution in [3.8, 4) is 0 Å². The number of nitrogens with two attached hydrogens (primary N) is 1. The van der Waals surface area contributed by atoms with E-state index in [-0.39, 0.29) is 0 Å². The lowest BCUT2D eigenvalue weighted by molar-refractivity contribution is 0.1000. The number of nitrogens with one attached hydrogen (secondary N) is 1. The van der Waals surface area contributed by atoms with E-state index in [1.54, 1.807) is 18.2 Å². The molecule has 0 bridgehead atoms. The normalized spacial score (nSPS) is 14.9. The summed E-state index contributed by atoms with van der Waals surface area (Å²) < 4.78 is 0. The maximum absolute atomic E-state index is 11.4. The van der Waals surface area contributed by atoms with Gasteiger partial charge >= 0.3 is 0 Å². The number of piperidine rings is 1. The Bertz CT molecular complexity index is 532. The second-order valence-corrected chi connectivity index (χ2v) is 4.22. The highest BCUT2D eigenvalue weighted by Crippen LogP contribution is 2.28. The van der Waals surface area contributed by atoms with Gasteiger partial charge in [0.05, 0.1) is 6.57 Å². The first-order valence-corrected chi connectivity index (χ1v) is 5.93. The summed E-state index contributed by atoms with van der Waals surface area (Å²) in [7, 11) is 0. The minimum atomic E-state index is -0.485. The molecule has 18 heavy (non-hydrogen) atoms. The molecule has 1 aromatic rings. The van der Waals surface area contributed by atoms with E-state index in [2.05, 4.69) is 10.2 Å². The maximum atomic E-state index is 11.4. The van der Waals surface area contributed by atoms with Gasteiger partial charge in [-0.1, -0.05) is 29.8 Å². The summed E-state index contributed by atoms with van der Waals surface area (Å²) in [4.78, 5) is 15.0. The molecule has 4 heteroatoms. The van der Waals surface area contributed by atoms with Crippen LogP contribution < -0.4 is 11.1 Å². The molecule has 0 spiro atoms. The molecule has 0 unspecified atom stereocenters. The molecule has 0 radical (unpaired) electrons. The van der Waals surface area contributed by atoms with E-state index < -0.39 is 5.91 Å². The van der Waals surface area contributed by atoms with Gasteiger partial charge in [-0.3, -0.25) is 4.79 Å². The number of nitrogens with zero attached hydrogens (tertiary/aromatic N) is 1. The van der Waals surface area contributed by atoms with Crippen molar-refractivity contribution in [3.05, 3.63) is 52.4 Å². The molecule has 1 saturated heterocycles. The van der Waals surface area contributed by atoms with Crippen LogP contribution in [0, 0.1) is 6.57 Å². The van der Waals surface area contributed by atoms with E-state index in [1.807, 2.05) is 6.07 Å². The smallest absolute Gasteiger partial charge is 0.248 e. The first kappa shape index (κ1) is 12.3. The number of primary amides is 1. The standard InChI is InChI=1S/C14H15N3O/c1-16-13(10-6-8-17-9-7-10)11-4-2-3-5-12(11)14(15)18/h2-5,17H,6-9H2,(H2,15,18). The van der Waals surface area contributed by atoms with Crippen molar-refractivity contribution in [1.29, 1.82) is 0 Å². The number of benzene rings is 1. The van der Waals surface area contributed by atoms with Crippen molar-refractivity contribution >= 4 is 11.6 Å². The van der Waals surface area contributed by atoms with Crippen LogP contribution in [0.3, 0.4) is 0 Å². The van der Waals surface area contributed by atoms with E-state index in [9.17, 15) is 4.79 Å². The van der Waals surface area contributed by atoms with Crippen LogP contribution in [0.4, 0.5) is 0 Å². The van der Waals surface area contributed by atoms with Crippen molar-refractivity contribution in [3.63, 3.8) is 0 Å². The number of carbonyl (C=O) groups is 1. The Hall–Kier alpha value is -2.12. The fourth-order valence-electron chi connectivity index (χ4n) is 2.20. The average molecular weight is 241 g/mol. The number of rotatable bonds is 2. The van der Waals surface area contributed by atoms with E-state index in [1.165, 1.54) is 0 Å². The molecule has 1 aliphatic heterocycles. The zero-order valence-corrected chi connectivity index (χ0v) is 10.1. The van der Waals surface area contributed by atoms with Crippen LogP contribution >= 0.6 is 0 Å². The summed E-state index contributed by atoms with van der Waals surface area (Å²) in [5.41, 5.74) is 8.15. The van der Waals surface area contributed by atoms with Gasteiger partial charge in [0, 0.05) is 5.56 Å². The topological polar surface area (TPSA) is 59.5 Å². The van der Waals surface area contributed by atoms with E-state index in [0.717, 1.165) is 31.5 Å². The summed E-state index contributed by atoms with van der Waals surface area (Å²) in [6.45, 7) is 9.13. The molecule has 2 rings (SSSR count). The van der Waals surface area contributed by atoms with Crippen LogP contribution in [0.2, 0.25) is 0 Å². The molecule has 92 valence electrons. The van der Waals surface area contributed by atoms with Crippen molar-refractivity contribution in [2.45, 2.75) is 12.8 Å². The molecule has 0 aromatic heterocycles. The van der Waals surface area contributed by atoms with Crippen LogP contribution in [0.1, 0.15) is 28.8 Å². The highest BCUT2D eigenvalue weighted by atomic mass is 16.1. The molecule has 1 aromatic carbocycles. The van der Waals surface area contributed by atoms with Crippen molar-refractivity contribution in [1.82, 2.24) is 5.32 Å². The minimum absolute atomic E-state index is 0.425. The molecule has 1 fully saturated rings. The molecule has 4 nitrogen and oxygen atoms in total. The van der Waals surface area contributed by atoms with Crippen LogP contribution in [0.5, 0.6) is 0 Å². The molecule has 0 saturated carbocycles. The second kappa shape index (κ2) is 5.48. The Morgan fingerprint density at radius 3 is 2.39 bits per heavy atom. The highest BCUT2D eigenvalue weighted by molar-refractivity contribution is 5.99. The SMILES string of the molecule is [C-]#[N+]C(=C1CCNCC1)c1ccccc1C(N)=O. The van der Waals surface area contributed by atoms with Gasteiger partial charge in [0.25, 0.3) is 0 Å². The molecule has 3 N–H and O–H groups in total. The summed E-state index contributed by atoms with van der Waals surface area (Å²) in [5.74, 6) is -0.485. The second-order valence-electron chi connectivity index (χ2n) is 4.22. The van der Waals surface area contributed by atoms with Gasteiger partial charge < -0.3 is 11.1 Å². The molecule has 0 aliphatic carbocycles. The summed E-state index contributed by atoms with van der Waals surface area (Å²) in [6, 6.07) is 7.06. The van der Waals surface area contributed by atoms with Crippen LogP contribution in [0.15, 0.2) is 29.8 Å². The summed E-state index contributed by atoms with van der Waals surface area (Å²) in [6.07, 6.45) is 1.70. The molecule has 0 atom stereocenters. The van der Waals surface area contributed by atoms with Gasteiger partial charge in [0.1, 0.15) is 0 Å². The molecule has 1 heterocycles. The zero-order valence-electron chi connectivity index (χ0n) is 10.1. The average Bonchev–Trinajstić information content (AvgIpc) is 2.41. The summed E-state index contributed by atoms with van der Waals surface area (Å²) >= 11 is 0. The van der Waals surface area contributed by atoms with Crippen molar-refractivity contribution in [2.24, 2.45) is 5.73 Å². The lowest BCUT2D eigenvalue weighted by Crippen LogP contribution is -2.23. The van der Waals surface area contributed by atoms with Crippen LogP contribution in [-0.2, 0) is 0 Å². The molecule has 1 amide bonds. The number of hydrogen-bond acceptors (Lipinski definition) is 2. The van der Waals surface area contributed by atoms with E-state index in [4.69, 9.17) is 12.3 Å². The van der Waals surface area contributed by atoms with Gasteiger partial charge in [-0.2, -0.15) is 0 Å². The molecular formula is C14H15N3O. The third-order valence-corrected chi connectivity index (χ3v) is 3.10. The van der Waals surface area contributed by atoms with Crippen LogP contribution in [0.25, 0.3) is 10.5 Å². The van der Waals surface area contributed by atoms with Gasteiger partial charge in [0.15, 0.2) is 5.70 Å². The van der Waals surface area contributed by atoms with Gasteiger partial charge in [-0.25, -0.2) is 4.85 Å². The van der Waals surface area contributed by atoms with Gasteiger partial charge in [-0.15, -0.1) is 0 Å². The number of hydrogen-bond donors (Lipinski definition) is 2. The Balaban J connectivity index is 2.52. The molecular weight excluding hydrogens is 226 g/mol. The Morgan fingerprint density at radius 2 is 1.83 bits per heavy atom. The predicted molar refractivity (Wildman–Crippen MR) is 70.6 cm³/mol. The zero-order chi connectivity index (χ0) is 13.0. The fourth-order valence-corrected chi connectivity index (χ4v) is 2.20. The number of carbonyl (C=O) groups excluding carboxylic acids is 1. The molecule has 1 aliphatic rings. The highest BCUT2D eigenvalue weighted by Gasteiger charge is 2.17. The van der Waals surface area contributed by atoms with Crippen molar-refractivity contribution in [2.75, 3.05) is 13.1 Å².